The minimum absolute atomic E-state index is 0.232. The Bertz CT molecular complexity index is 618. The number of aryl methyl sites for hydroxylation is 1. The molecule has 0 radical (unpaired) electrons. The van der Waals surface area contributed by atoms with Crippen LogP contribution < -0.4 is 0 Å². The molecule has 23 heavy (non-hydrogen) atoms. The Balaban J connectivity index is 1.66. The number of benzene rings is 1. The molecule has 124 valence electrons. The van der Waals surface area contributed by atoms with Crippen molar-refractivity contribution >= 4 is 23.6 Å². The molecule has 4 atom stereocenters. The number of aliphatic hydroxyl groups excluding tert-OH is 1. The van der Waals surface area contributed by atoms with Crippen molar-refractivity contribution in [3.63, 3.8) is 0 Å². The number of hydrogen-bond donors (Lipinski definition) is 2. The lowest BCUT2D eigenvalue weighted by molar-refractivity contribution is -0.169. The van der Waals surface area contributed by atoms with Crippen LogP contribution in [0.4, 0.5) is 0 Å². The van der Waals surface area contributed by atoms with Gasteiger partial charge in [0.15, 0.2) is 0 Å². The van der Waals surface area contributed by atoms with Gasteiger partial charge in [-0.05, 0) is 32.3 Å². The van der Waals surface area contributed by atoms with E-state index in [0.717, 1.165) is 5.56 Å². The molecule has 0 saturated carbocycles. The van der Waals surface area contributed by atoms with Crippen molar-refractivity contribution in [3.05, 3.63) is 35.9 Å². The maximum absolute atomic E-state index is 12.4. The maximum atomic E-state index is 12.4. The van der Waals surface area contributed by atoms with Gasteiger partial charge in [-0.2, -0.15) is 0 Å². The summed E-state index contributed by atoms with van der Waals surface area (Å²) in [5.41, 5.74) is 1.12. The predicted molar refractivity (Wildman–Crippen MR) is 88.0 cm³/mol. The van der Waals surface area contributed by atoms with Gasteiger partial charge in [-0.25, -0.2) is 4.79 Å². The van der Waals surface area contributed by atoms with Crippen LogP contribution in [0.1, 0.15) is 25.8 Å². The maximum Gasteiger partial charge on any atom is 0.327 e. The van der Waals surface area contributed by atoms with Crippen molar-refractivity contribution in [2.24, 2.45) is 5.92 Å². The summed E-state index contributed by atoms with van der Waals surface area (Å²) >= 11 is 1.48. The Morgan fingerprint density at radius 3 is 2.61 bits per heavy atom. The molecule has 2 aliphatic rings. The lowest BCUT2D eigenvalue weighted by Crippen LogP contribution is -2.65. The average molecular weight is 335 g/mol. The smallest absolute Gasteiger partial charge is 0.327 e. The molecule has 0 unspecified atom stereocenters. The van der Waals surface area contributed by atoms with Crippen LogP contribution in [0.2, 0.25) is 0 Å². The second kappa shape index (κ2) is 5.83. The van der Waals surface area contributed by atoms with Crippen molar-refractivity contribution in [1.82, 2.24) is 4.90 Å². The lowest BCUT2D eigenvalue weighted by Gasteiger charge is -2.45. The topological polar surface area (TPSA) is 77.8 Å². The minimum Gasteiger partial charge on any atom is -0.480 e. The third-order valence-corrected chi connectivity index (χ3v) is 6.29. The lowest BCUT2D eigenvalue weighted by atomic mass is 9.85. The zero-order chi connectivity index (χ0) is 16.8. The van der Waals surface area contributed by atoms with Crippen molar-refractivity contribution in [1.29, 1.82) is 0 Å². The van der Waals surface area contributed by atoms with Gasteiger partial charge in [0, 0.05) is 4.75 Å². The molecule has 2 N–H and O–H groups in total. The summed E-state index contributed by atoms with van der Waals surface area (Å²) in [7, 11) is 0. The third kappa shape index (κ3) is 2.74. The van der Waals surface area contributed by atoms with E-state index in [4.69, 9.17) is 0 Å². The Hall–Kier alpha value is -1.53. The summed E-state index contributed by atoms with van der Waals surface area (Å²) in [5, 5.41) is 19.6. The highest BCUT2D eigenvalue weighted by atomic mass is 32.2. The van der Waals surface area contributed by atoms with Crippen LogP contribution in [0, 0.1) is 5.92 Å². The summed E-state index contributed by atoms with van der Waals surface area (Å²) in [4.78, 5) is 25.3. The molecule has 2 saturated heterocycles. The van der Waals surface area contributed by atoms with E-state index < -0.39 is 28.8 Å². The van der Waals surface area contributed by atoms with Crippen molar-refractivity contribution in [2.45, 2.75) is 49.0 Å². The molecule has 1 amide bonds. The van der Waals surface area contributed by atoms with Crippen molar-refractivity contribution < 1.29 is 19.8 Å². The number of β-lactam (4-membered cyclic amide) rings is 1. The number of thioether (sulfide) groups is 1. The van der Waals surface area contributed by atoms with Crippen LogP contribution in [0.5, 0.6) is 0 Å². The van der Waals surface area contributed by atoms with Gasteiger partial charge in [0.25, 0.3) is 0 Å². The number of fused-ring (bicyclic) bond motifs is 1. The molecule has 5 nitrogen and oxygen atoms in total. The van der Waals surface area contributed by atoms with E-state index >= 15 is 0 Å². The first kappa shape index (κ1) is 16.3. The molecule has 2 heterocycles. The van der Waals surface area contributed by atoms with Gasteiger partial charge < -0.3 is 15.1 Å². The molecule has 1 aromatic carbocycles. The number of aliphatic carboxylic acids is 1. The van der Waals surface area contributed by atoms with Crippen LogP contribution in [0.25, 0.3) is 0 Å². The number of aliphatic hydroxyl groups is 1. The van der Waals surface area contributed by atoms with Gasteiger partial charge in [-0.1, -0.05) is 30.3 Å². The highest BCUT2D eigenvalue weighted by Crippen LogP contribution is 2.54. The zero-order valence-corrected chi connectivity index (χ0v) is 14.0. The highest BCUT2D eigenvalue weighted by Gasteiger charge is 2.64. The number of amides is 1. The second-order valence-corrected chi connectivity index (χ2v) is 8.49. The fourth-order valence-electron chi connectivity index (χ4n) is 3.54. The van der Waals surface area contributed by atoms with E-state index in [1.807, 2.05) is 44.2 Å². The number of rotatable bonds is 5. The zero-order valence-electron chi connectivity index (χ0n) is 13.2. The second-order valence-electron chi connectivity index (χ2n) is 6.72. The first-order valence-corrected chi connectivity index (χ1v) is 8.65. The Labute approximate surface area is 139 Å². The first-order chi connectivity index (χ1) is 10.8. The molecule has 3 rings (SSSR count). The number of carbonyl (C=O) groups is 2. The number of hydrogen-bond acceptors (Lipinski definition) is 4. The fraction of sp³-hybridized carbons (Fsp3) is 0.529. The van der Waals surface area contributed by atoms with Gasteiger partial charge in [-0.15, -0.1) is 11.8 Å². The molecule has 0 aliphatic carbocycles. The van der Waals surface area contributed by atoms with Gasteiger partial charge >= 0.3 is 5.97 Å². The van der Waals surface area contributed by atoms with Gasteiger partial charge in [0.1, 0.15) is 6.04 Å². The fourth-order valence-corrected chi connectivity index (χ4v) is 5.28. The van der Waals surface area contributed by atoms with Gasteiger partial charge in [0.2, 0.25) is 5.91 Å². The normalized spacial score (nSPS) is 29.8. The third-order valence-electron chi connectivity index (χ3n) is 4.70. The van der Waals surface area contributed by atoms with Crippen LogP contribution in [0.3, 0.4) is 0 Å². The first-order valence-electron chi connectivity index (χ1n) is 7.78. The van der Waals surface area contributed by atoms with Gasteiger partial charge in [-0.3, -0.25) is 4.79 Å². The van der Waals surface area contributed by atoms with E-state index in [-0.39, 0.29) is 11.3 Å². The van der Waals surface area contributed by atoms with Crippen molar-refractivity contribution in [3.8, 4) is 0 Å². The van der Waals surface area contributed by atoms with Crippen LogP contribution >= 0.6 is 11.8 Å². The molecule has 2 fully saturated rings. The summed E-state index contributed by atoms with van der Waals surface area (Å²) in [5.74, 6) is -1.70. The predicted octanol–water partition coefficient (Wildman–Crippen LogP) is 1.74. The molecule has 2 aliphatic heterocycles. The Morgan fingerprint density at radius 2 is 2.00 bits per heavy atom. The molecule has 0 aromatic heterocycles. The number of carbonyl (C=O) groups excluding carboxylic acids is 1. The SMILES string of the molecule is CC1(C)S[C@@H]2[C@H]([C@H](O)CCc3ccccc3)C(=O)N2[C@H]1C(=O)O. The molecular formula is C17H21NO4S. The quantitative estimate of drug-likeness (QED) is 0.802. The standard InChI is InChI=1S/C17H21NO4S/c1-17(2)13(16(21)22)18-14(20)12(15(18)23-17)11(19)9-8-10-6-4-3-5-7-10/h3-7,11-13,15,19H,8-9H2,1-2H3,(H,21,22)/t11-,12-,13+,15-/m1/s1. The Kier molecular flexibility index (Phi) is 4.14. The summed E-state index contributed by atoms with van der Waals surface area (Å²) in [6, 6.07) is 9.01. The van der Waals surface area contributed by atoms with E-state index in [0.29, 0.717) is 12.8 Å². The van der Waals surface area contributed by atoms with E-state index in [2.05, 4.69) is 0 Å². The molecule has 0 bridgehead atoms. The molecule has 0 spiro atoms. The van der Waals surface area contributed by atoms with Gasteiger partial charge in [0.05, 0.1) is 17.4 Å². The monoisotopic (exact) mass is 335 g/mol. The average Bonchev–Trinajstić information content (AvgIpc) is 2.74. The largest absolute Gasteiger partial charge is 0.480 e. The molecule has 6 heteroatoms. The number of carboxylic acids is 1. The van der Waals surface area contributed by atoms with E-state index in [1.54, 1.807) is 0 Å². The van der Waals surface area contributed by atoms with Crippen LogP contribution in [0.15, 0.2) is 30.3 Å². The van der Waals surface area contributed by atoms with E-state index in [1.165, 1.54) is 16.7 Å². The minimum atomic E-state index is -0.976. The Morgan fingerprint density at radius 1 is 1.35 bits per heavy atom. The van der Waals surface area contributed by atoms with Crippen molar-refractivity contribution in [2.75, 3.05) is 0 Å². The highest BCUT2D eigenvalue weighted by molar-refractivity contribution is 8.01. The molecule has 1 aromatic rings. The van der Waals surface area contributed by atoms with Crippen LogP contribution in [-0.4, -0.2) is 49.3 Å². The summed E-state index contributed by atoms with van der Waals surface area (Å²) in [6.07, 6.45) is 0.470. The van der Waals surface area contributed by atoms with Crippen LogP contribution in [-0.2, 0) is 16.0 Å². The number of nitrogens with zero attached hydrogens (tertiary/aromatic N) is 1. The number of carboxylic acid groups (broad SMARTS) is 1. The summed E-state index contributed by atoms with van der Waals surface area (Å²) < 4.78 is -0.542. The molecular weight excluding hydrogens is 314 g/mol. The van der Waals surface area contributed by atoms with E-state index in [9.17, 15) is 19.8 Å². The summed E-state index contributed by atoms with van der Waals surface area (Å²) in [6.45, 7) is 3.69.